The van der Waals surface area contributed by atoms with Crippen LogP contribution in [-0.2, 0) is 16.4 Å². The molecule has 0 aliphatic heterocycles. The van der Waals surface area contributed by atoms with Crippen LogP contribution >= 0.6 is 11.3 Å². The highest BCUT2D eigenvalue weighted by Gasteiger charge is 2.18. The monoisotopic (exact) mass is 430 g/mol. The zero-order valence-corrected chi connectivity index (χ0v) is 18.0. The lowest BCUT2D eigenvalue weighted by atomic mass is 10.1. The molecule has 29 heavy (non-hydrogen) atoms. The van der Waals surface area contributed by atoms with Crippen LogP contribution in [0.4, 0.5) is 0 Å². The van der Waals surface area contributed by atoms with Gasteiger partial charge in [-0.1, -0.05) is 35.9 Å². The van der Waals surface area contributed by atoms with Crippen molar-refractivity contribution in [3.63, 3.8) is 0 Å². The number of hydrogen-bond acceptors (Lipinski definition) is 5. The fourth-order valence-corrected chi connectivity index (χ4v) is 4.89. The van der Waals surface area contributed by atoms with Crippen LogP contribution in [0.5, 0.6) is 0 Å². The molecule has 1 heterocycles. The zero-order valence-electron chi connectivity index (χ0n) is 16.4. The van der Waals surface area contributed by atoms with E-state index in [0.717, 1.165) is 21.1 Å². The van der Waals surface area contributed by atoms with Gasteiger partial charge in [-0.2, -0.15) is 0 Å². The number of nitrogens with zero attached hydrogens (tertiary/aromatic N) is 1. The van der Waals surface area contributed by atoms with E-state index in [-0.39, 0.29) is 17.0 Å². The Labute approximate surface area is 174 Å². The second kappa shape index (κ2) is 8.44. The number of aromatic nitrogens is 1. The van der Waals surface area contributed by atoms with Gasteiger partial charge in [0.1, 0.15) is 5.01 Å². The van der Waals surface area contributed by atoms with E-state index < -0.39 is 16.0 Å². The van der Waals surface area contributed by atoms with E-state index in [1.165, 1.54) is 23.8 Å². The number of hydrogen-bond donors (Lipinski definition) is 2. The summed E-state index contributed by atoms with van der Waals surface area (Å²) in [5, 5.41) is 10.1. The van der Waals surface area contributed by atoms with E-state index in [9.17, 15) is 18.3 Å². The minimum Gasteiger partial charge on any atom is -0.478 e. The first-order valence-electron chi connectivity index (χ1n) is 9.04. The van der Waals surface area contributed by atoms with Gasteiger partial charge < -0.3 is 5.11 Å². The molecule has 2 N–H and O–H groups in total. The molecule has 1 aromatic heterocycles. The van der Waals surface area contributed by atoms with Crippen molar-refractivity contribution in [2.75, 3.05) is 6.54 Å². The van der Waals surface area contributed by atoms with Crippen LogP contribution in [0.15, 0.2) is 47.4 Å². The average Bonchev–Trinajstić information content (AvgIpc) is 3.03. The smallest absolute Gasteiger partial charge is 0.335 e. The quantitative estimate of drug-likeness (QED) is 0.592. The number of aryl methyl sites for hydroxylation is 3. The number of carboxylic acid groups (broad SMARTS) is 1. The number of thiazole rings is 1. The Morgan fingerprint density at radius 2 is 1.79 bits per heavy atom. The third-order valence-electron chi connectivity index (χ3n) is 4.59. The predicted octanol–water partition coefficient (Wildman–Crippen LogP) is 3.95. The Morgan fingerprint density at radius 1 is 1.10 bits per heavy atom. The molecule has 0 fully saturated rings. The molecule has 0 amide bonds. The molecule has 3 aromatic rings. The summed E-state index contributed by atoms with van der Waals surface area (Å²) in [7, 11) is -3.80. The predicted molar refractivity (Wildman–Crippen MR) is 114 cm³/mol. The van der Waals surface area contributed by atoms with Gasteiger partial charge in [0, 0.05) is 23.4 Å². The van der Waals surface area contributed by atoms with Crippen molar-refractivity contribution in [1.29, 1.82) is 0 Å². The maximum Gasteiger partial charge on any atom is 0.335 e. The number of benzene rings is 2. The molecule has 0 atom stereocenters. The van der Waals surface area contributed by atoms with Crippen LogP contribution < -0.4 is 4.72 Å². The Bertz CT molecular complexity index is 1150. The Balaban J connectivity index is 1.70. The van der Waals surface area contributed by atoms with Gasteiger partial charge in [0.05, 0.1) is 16.2 Å². The van der Waals surface area contributed by atoms with Crippen molar-refractivity contribution in [2.45, 2.75) is 32.1 Å². The van der Waals surface area contributed by atoms with E-state index in [1.54, 1.807) is 18.3 Å². The Hall–Kier alpha value is -2.55. The van der Waals surface area contributed by atoms with Crippen LogP contribution in [0.1, 0.15) is 32.1 Å². The summed E-state index contributed by atoms with van der Waals surface area (Å²) in [6, 6.07) is 12.2. The SMILES string of the molecule is Cc1ccc(-c2nc(CCNS(=O)(=O)c3ccc(C)c(C(=O)O)c3)c(C)s2)cc1. The number of sulfonamides is 1. The summed E-state index contributed by atoms with van der Waals surface area (Å²) < 4.78 is 27.6. The van der Waals surface area contributed by atoms with Crippen molar-refractivity contribution in [1.82, 2.24) is 9.71 Å². The second-order valence-corrected chi connectivity index (χ2v) is 9.79. The summed E-state index contributed by atoms with van der Waals surface area (Å²) >= 11 is 1.58. The third-order valence-corrected chi connectivity index (χ3v) is 7.12. The number of carbonyl (C=O) groups is 1. The summed E-state index contributed by atoms with van der Waals surface area (Å²) in [4.78, 5) is 16.9. The van der Waals surface area contributed by atoms with Gasteiger partial charge >= 0.3 is 5.97 Å². The summed E-state index contributed by atoms with van der Waals surface area (Å²) in [6.07, 6.45) is 0.449. The van der Waals surface area contributed by atoms with Gasteiger partial charge in [0.15, 0.2) is 0 Å². The molecule has 0 unspecified atom stereocenters. The maximum absolute atomic E-state index is 12.5. The molecule has 0 bridgehead atoms. The number of aromatic carboxylic acids is 1. The topological polar surface area (TPSA) is 96.4 Å². The molecular weight excluding hydrogens is 408 g/mol. The average molecular weight is 431 g/mol. The van der Waals surface area contributed by atoms with Crippen LogP contribution in [0.25, 0.3) is 10.6 Å². The van der Waals surface area contributed by atoms with Crippen molar-refractivity contribution >= 4 is 27.3 Å². The highest BCUT2D eigenvalue weighted by Crippen LogP contribution is 2.28. The third kappa shape index (κ3) is 4.90. The lowest BCUT2D eigenvalue weighted by Gasteiger charge is -2.08. The molecule has 0 aliphatic carbocycles. The number of nitrogens with one attached hydrogen (secondary N) is 1. The first-order chi connectivity index (χ1) is 13.7. The minimum atomic E-state index is -3.80. The second-order valence-electron chi connectivity index (χ2n) is 6.82. The Morgan fingerprint density at radius 3 is 2.45 bits per heavy atom. The largest absolute Gasteiger partial charge is 0.478 e. The molecule has 152 valence electrons. The number of rotatable bonds is 7. The van der Waals surface area contributed by atoms with Crippen LogP contribution in [0, 0.1) is 20.8 Å². The normalized spacial score (nSPS) is 11.6. The van der Waals surface area contributed by atoms with Crippen LogP contribution in [0.3, 0.4) is 0 Å². The first-order valence-corrected chi connectivity index (χ1v) is 11.3. The molecule has 2 aromatic carbocycles. The minimum absolute atomic E-state index is 0.0223. The molecule has 3 rings (SSSR count). The Kier molecular flexibility index (Phi) is 6.16. The van der Waals surface area contributed by atoms with Crippen molar-refractivity contribution in [2.24, 2.45) is 0 Å². The molecule has 0 saturated heterocycles. The van der Waals surface area contributed by atoms with Crippen molar-refractivity contribution in [3.8, 4) is 10.6 Å². The fourth-order valence-electron chi connectivity index (χ4n) is 2.87. The molecule has 6 nitrogen and oxygen atoms in total. The van der Waals surface area contributed by atoms with Gasteiger partial charge in [-0.15, -0.1) is 11.3 Å². The van der Waals surface area contributed by atoms with Gasteiger partial charge in [-0.05, 0) is 38.5 Å². The lowest BCUT2D eigenvalue weighted by Crippen LogP contribution is -2.26. The zero-order chi connectivity index (χ0) is 21.2. The highest BCUT2D eigenvalue weighted by molar-refractivity contribution is 7.89. The molecule has 0 spiro atoms. The van der Waals surface area contributed by atoms with Gasteiger partial charge in [-0.3, -0.25) is 0 Å². The number of carboxylic acids is 1. The lowest BCUT2D eigenvalue weighted by molar-refractivity contribution is 0.0696. The molecule has 0 aliphatic rings. The first kappa shape index (κ1) is 21.2. The summed E-state index contributed by atoms with van der Waals surface area (Å²) in [5.74, 6) is -1.15. The standard InChI is InChI=1S/C21H22N2O4S2/c1-13-4-7-16(8-5-13)20-23-19(15(3)28-20)10-11-22-29(26,27)17-9-6-14(2)18(12-17)21(24)25/h4-9,12,22H,10-11H2,1-3H3,(H,24,25). The molecule has 0 saturated carbocycles. The molecular formula is C21H22N2O4S2. The van der Waals surface area contributed by atoms with Crippen molar-refractivity contribution in [3.05, 3.63) is 69.7 Å². The van der Waals surface area contributed by atoms with E-state index in [4.69, 9.17) is 0 Å². The van der Waals surface area contributed by atoms with E-state index in [0.29, 0.717) is 12.0 Å². The summed E-state index contributed by atoms with van der Waals surface area (Å²) in [6.45, 7) is 5.81. The van der Waals surface area contributed by atoms with Crippen molar-refractivity contribution < 1.29 is 18.3 Å². The maximum atomic E-state index is 12.5. The van der Waals surface area contributed by atoms with Crippen LogP contribution in [0.2, 0.25) is 0 Å². The van der Waals surface area contributed by atoms with E-state index in [1.807, 2.05) is 38.1 Å². The molecule has 8 heteroatoms. The fraction of sp³-hybridized carbons (Fsp3) is 0.238. The van der Waals surface area contributed by atoms with Gasteiger partial charge in [0.2, 0.25) is 10.0 Å². The van der Waals surface area contributed by atoms with E-state index >= 15 is 0 Å². The van der Waals surface area contributed by atoms with E-state index in [2.05, 4.69) is 9.71 Å². The molecule has 0 radical (unpaired) electrons. The van der Waals surface area contributed by atoms with Crippen LogP contribution in [-0.4, -0.2) is 31.0 Å². The van der Waals surface area contributed by atoms with Gasteiger partial charge in [-0.25, -0.2) is 22.9 Å². The van der Waals surface area contributed by atoms with Gasteiger partial charge in [0.25, 0.3) is 0 Å². The summed E-state index contributed by atoms with van der Waals surface area (Å²) in [5.41, 5.74) is 3.56. The highest BCUT2D eigenvalue weighted by atomic mass is 32.2.